The van der Waals surface area contributed by atoms with Gasteiger partial charge in [-0.1, -0.05) is 43.2 Å². The van der Waals surface area contributed by atoms with Crippen LogP contribution in [0.5, 0.6) is 0 Å². The topological polar surface area (TPSA) is 56.0 Å². The maximum atomic E-state index is 13.1. The van der Waals surface area contributed by atoms with E-state index in [1.54, 1.807) is 18.5 Å². The molecule has 1 aliphatic rings. The van der Waals surface area contributed by atoms with Crippen LogP contribution in [-0.2, 0) is 5.41 Å². The van der Waals surface area contributed by atoms with Gasteiger partial charge in [0, 0.05) is 18.1 Å². The molecule has 0 atom stereocenters. The third-order valence-electron chi connectivity index (χ3n) is 4.32. The molecule has 0 amide bonds. The zero-order valence-electron chi connectivity index (χ0n) is 11.4. The monoisotopic (exact) mass is 266 g/mol. The Kier molecular flexibility index (Phi) is 3.26. The lowest BCUT2D eigenvalue weighted by Gasteiger charge is -2.28. The number of carbonyl (C=O) groups is 1. The standard InChI is InChI=1S/C17H18N2O/c18-15-8-11-19-12-14(15)16(20)17(9-4-5-10-17)13-6-2-1-3-7-13/h1-3,6-8,11-12H,4-5,9-10H2,(H2,18,19). The van der Waals surface area contributed by atoms with Crippen molar-refractivity contribution in [1.29, 1.82) is 0 Å². The highest BCUT2D eigenvalue weighted by Crippen LogP contribution is 2.44. The van der Waals surface area contributed by atoms with Crippen molar-refractivity contribution >= 4 is 11.5 Å². The number of nitrogens with two attached hydrogens (primary N) is 1. The molecular formula is C17H18N2O. The molecule has 3 nitrogen and oxygen atoms in total. The van der Waals surface area contributed by atoms with E-state index in [9.17, 15) is 4.79 Å². The number of ketones is 1. The average Bonchev–Trinajstić information content (AvgIpc) is 2.99. The fourth-order valence-electron chi connectivity index (χ4n) is 3.24. The molecule has 0 radical (unpaired) electrons. The SMILES string of the molecule is Nc1ccncc1C(=O)C1(c2ccccc2)CCCC1. The second kappa shape index (κ2) is 5.08. The fourth-order valence-corrected chi connectivity index (χ4v) is 3.24. The molecule has 1 fully saturated rings. The number of hydrogen-bond donors (Lipinski definition) is 1. The molecule has 0 unspecified atom stereocenters. The highest BCUT2D eigenvalue weighted by atomic mass is 16.1. The highest BCUT2D eigenvalue weighted by molar-refractivity contribution is 6.07. The van der Waals surface area contributed by atoms with Crippen LogP contribution in [0.15, 0.2) is 48.8 Å². The molecule has 2 aromatic rings. The van der Waals surface area contributed by atoms with Gasteiger partial charge >= 0.3 is 0 Å². The maximum Gasteiger partial charge on any atom is 0.176 e. The first-order valence-electron chi connectivity index (χ1n) is 7.04. The summed E-state index contributed by atoms with van der Waals surface area (Å²) < 4.78 is 0. The van der Waals surface area contributed by atoms with Crippen molar-refractivity contribution in [2.75, 3.05) is 5.73 Å². The Morgan fingerprint density at radius 1 is 1.10 bits per heavy atom. The molecule has 3 heteroatoms. The van der Waals surface area contributed by atoms with E-state index in [0.717, 1.165) is 31.2 Å². The Morgan fingerprint density at radius 2 is 1.80 bits per heavy atom. The minimum Gasteiger partial charge on any atom is -0.398 e. The minimum absolute atomic E-state index is 0.117. The van der Waals surface area contributed by atoms with Crippen LogP contribution >= 0.6 is 0 Å². The van der Waals surface area contributed by atoms with Crippen LogP contribution in [-0.4, -0.2) is 10.8 Å². The molecule has 2 N–H and O–H groups in total. The van der Waals surface area contributed by atoms with Crippen LogP contribution in [0.2, 0.25) is 0 Å². The number of Topliss-reactive ketones (excluding diaryl/α,β-unsaturated/α-hetero) is 1. The predicted molar refractivity (Wildman–Crippen MR) is 79.6 cm³/mol. The maximum absolute atomic E-state index is 13.1. The number of hydrogen-bond acceptors (Lipinski definition) is 3. The lowest BCUT2D eigenvalue weighted by atomic mass is 9.73. The highest BCUT2D eigenvalue weighted by Gasteiger charge is 2.43. The van der Waals surface area contributed by atoms with Gasteiger partial charge in [0.1, 0.15) is 0 Å². The number of aromatic nitrogens is 1. The first-order valence-corrected chi connectivity index (χ1v) is 7.04. The zero-order chi connectivity index (χ0) is 14.0. The van der Waals surface area contributed by atoms with Crippen LogP contribution in [0.4, 0.5) is 5.69 Å². The van der Waals surface area contributed by atoms with E-state index in [1.807, 2.05) is 18.2 Å². The van der Waals surface area contributed by atoms with Crippen LogP contribution in [0.25, 0.3) is 0 Å². The Hall–Kier alpha value is -2.16. The van der Waals surface area contributed by atoms with Gasteiger partial charge in [-0.3, -0.25) is 9.78 Å². The van der Waals surface area contributed by atoms with Gasteiger partial charge in [0.15, 0.2) is 5.78 Å². The van der Waals surface area contributed by atoms with Gasteiger partial charge in [-0.15, -0.1) is 0 Å². The van der Waals surface area contributed by atoms with Crippen LogP contribution in [0, 0.1) is 0 Å². The number of rotatable bonds is 3. The van der Waals surface area contributed by atoms with E-state index in [1.165, 1.54) is 0 Å². The summed E-state index contributed by atoms with van der Waals surface area (Å²) in [6, 6.07) is 11.8. The summed E-state index contributed by atoms with van der Waals surface area (Å²) in [5.41, 5.74) is 7.72. The smallest absolute Gasteiger partial charge is 0.176 e. The Labute approximate surface area is 118 Å². The lowest BCUT2D eigenvalue weighted by Crippen LogP contribution is -2.33. The van der Waals surface area contributed by atoms with Gasteiger partial charge < -0.3 is 5.73 Å². The number of pyridine rings is 1. The van der Waals surface area contributed by atoms with Crippen LogP contribution in [0.3, 0.4) is 0 Å². The van der Waals surface area contributed by atoms with Crippen LogP contribution < -0.4 is 5.73 Å². The molecule has 1 aromatic heterocycles. The van der Waals surface area contributed by atoms with Gasteiger partial charge in [-0.05, 0) is 24.5 Å². The van der Waals surface area contributed by atoms with Crippen molar-refractivity contribution in [3.8, 4) is 0 Å². The second-order valence-corrected chi connectivity index (χ2v) is 5.45. The van der Waals surface area contributed by atoms with Gasteiger partial charge in [-0.2, -0.15) is 0 Å². The van der Waals surface area contributed by atoms with E-state index < -0.39 is 5.41 Å². The van der Waals surface area contributed by atoms with Crippen molar-refractivity contribution in [3.63, 3.8) is 0 Å². The van der Waals surface area contributed by atoms with Gasteiger partial charge in [-0.25, -0.2) is 0 Å². The van der Waals surface area contributed by atoms with Gasteiger partial charge in [0.05, 0.1) is 11.0 Å². The summed E-state index contributed by atoms with van der Waals surface area (Å²) in [6.45, 7) is 0. The summed E-state index contributed by atoms with van der Waals surface area (Å²) in [5.74, 6) is 0.117. The summed E-state index contributed by atoms with van der Waals surface area (Å²) >= 11 is 0. The first-order chi connectivity index (χ1) is 9.74. The average molecular weight is 266 g/mol. The largest absolute Gasteiger partial charge is 0.398 e. The third kappa shape index (κ3) is 1.99. The number of anilines is 1. The molecule has 0 spiro atoms. The molecule has 3 rings (SSSR count). The Morgan fingerprint density at radius 3 is 2.45 bits per heavy atom. The molecule has 0 bridgehead atoms. The number of carbonyl (C=O) groups excluding carboxylic acids is 1. The fraction of sp³-hybridized carbons (Fsp3) is 0.294. The normalized spacial score (nSPS) is 17.0. The summed E-state index contributed by atoms with van der Waals surface area (Å²) in [6.07, 6.45) is 7.17. The lowest BCUT2D eigenvalue weighted by molar-refractivity contribution is 0.0886. The molecule has 20 heavy (non-hydrogen) atoms. The van der Waals surface area contributed by atoms with Crippen molar-refractivity contribution in [1.82, 2.24) is 4.98 Å². The van der Waals surface area contributed by atoms with Gasteiger partial charge in [0.2, 0.25) is 0 Å². The summed E-state index contributed by atoms with van der Waals surface area (Å²) in [5, 5.41) is 0. The van der Waals surface area contributed by atoms with E-state index in [2.05, 4.69) is 17.1 Å². The summed E-state index contributed by atoms with van der Waals surface area (Å²) in [7, 11) is 0. The van der Waals surface area contributed by atoms with Crippen molar-refractivity contribution in [2.24, 2.45) is 0 Å². The van der Waals surface area contributed by atoms with Crippen LogP contribution in [0.1, 0.15) is 41.6 Å². The van der Waals surface area contributed by atoms with Crippen molar-refractivity contribution in [3.05, 3.63) is 59.9 Å². The number of nitrogens with zero attached hydrogens (tertiary/aromatic N) is 1. The molecule has 0 saturated heterocycles. The summed E-state index contributed by atoms with van der Waals surface area (Å²) in [4.78, 5) is 17.1. The molecule has 1 aromatic carbocycles. The zero-order valence-corrected chi connectivity index (χ0v) is 11.4. The minimum atomic E-state index is -0.418. The molecule has 1 aliphatic carbocycles. The second-order valence-electron chi connectivity index (χ2n) is 5.45. The van der Waals surface area contributed by atoms with E-state index in [-0.39, 0.29) is 5.78 Å². The first kappa shape index (κ1) is 12.9. The van der Waals surface area contributed by atoms with Crippen molar-refractivity contribution < 1.29 is 4.79 Å². The Bertz CT molecular complexity index is 616. The van der Waals surface area contributed by atoms with E-state index in [4.69, 9.17) is 5.73 Å². The number of benzene rings is 1. The molecular weight excluding hydrogens is 248 g/mol. The van der Waals surface area contributed by atoms with Crippen molar-refractivity contribution in [2.45, 2.75) is 31.1 Å². The predicted octanol–water partition coefficient (Wildman–Crippen LogP) is 3.36. The number of nitrogen functional groups attached to an aromatic ring is 1. The van der Waals surface area contributed by atoms with E-state index >= 15 is 0 Å². The molecule has 1 saturated carbocycles. The Balaban J connectivity index is 2.08. The molecule has 1 heterocycles. The quantitative estimate of drug-likeness (QED) is 0.867. The van der Waals surface area contributed by atoms with E-state index in [0.29, 0.717) is 11.3 Å². The van der Waals surface area contributed by atoms with Gasteiger partial charge in [0.25, 0.3) is 0 Å². The molecule has 102 valence electrons. The molecule has 0 aliphatic heterocycles. The third-order valence-corrected chi connectivity index (χ3v) is 4.32.